The normalized spacial score (nSPS) is 23.6. The van der Waals surface area contributed by atoms with Gasteiger partial charge in [-0.2, -0.15) is 0 Å². The van der Waals surface area contributed by atoms with Crippen molar-refractivity contribution < 1.29 is 14.3 Å². The van der Waals surface area contributed by atoms with E-state index >= 15 is 0 Å². The third-order valence-corrected chi connectivity index (χ3v) is 5.74. The lowest BCUT2D eigenvalue weighted by atomic mass is 9.93. The second kappa shape index (κ2) is 8.78. The Hall–Kier alpha value is -2.34. The molecule has 1 aromatic carbocycles. The molecule has 0 spiro atoms. The molecule has 2 heterocycles. The molecule has 1 aromatic rings. The van der Waals surface area contributed by atoms with Crippen LogP contribution in [0.15, 0.2) is 35.5 Å². The number of hydrogen-bond donors (Lipinski definition) is 1. The first-order valence-electron chi connectivity index (χ1n) is 10.2. The molecule has 3 rings (SSSR count). The van der Waals surface area contributed by atoms with Gasteiger partial charge in [-0.1, -0.05) is 36.2 Å². The standard InChI is InChI=1S/C22H31N3O3/c1-5-28-21(26)19-18(14-25-12-7-6-10-16(25)3)24(4)22(27)23-20(19)17-11-8-9-15(2)13-17/h8-9,11,13,16,20H,5-7,10,12,14H2,1-4H3,(H,23,27). The number of nitrogens with one attached hydrogen (secondary N) is 1. The van der Waals surface area contributed by atoms with Crippen LogP contribution in [0.5, 0.6) is 0 Å². The molecule has 2 atom stereocenters. The van der Waals surface area contributed by atoms with Crippen LogP contribution in [0.2, 0.25) is 0 Å². The van der Waals surface area contributed by atoms with Gasteiger partial charge in [-0.3, -0.25) is 9.80 Å². The number of benzene rings is 1. The smallest absolute Gasteiger partial charge is 0.338 e. The zero-order valence-electron chi connectivity index (χ0n) is 17.3. The first kappa shape index (κ1) is 20.4. The van der Waals surface area contributed by atoms with Crippen LogP contribution in [-0.4, -0.2) is 54.6 Å². The van der Waals surface area contributed by atoms with Crippen molar-refractivity contribution in [1.82, 2.24) is 15.1 Å². The minimum Gasteiger partial charge on any atom is -0.463 e. The molecule has 0 saturated carbocycles. The Labute approximate surface area is 167 Å². The molecule has 152 valence electrons. The van der Waals surface area contributed by atoms with Crippen LogP contribution < -0.4 is 5.32 Å². The molecule has 1 N–H and O–H groups in total. The van der Waals surface area contributed by atoms with E-state index in [4.69, 9.17) is 4.74 Å². The van der Waals surface area contributed by atoms with Crippen LogP contribution in [0.25, 0.3) is 0 Å². The van der Waals surface area contributed by atoms with Crippen LogP contribution in [0.3, 0.4) is 0 Å². The number of ether oxygens (including phenoxy) is 1. The van der Waals surface area contributed by atoms with Crippen LogP contribution in [0.4, 0.5) is 4.79 Å². The van der Waals surface area contributed by atoms with Gasteiger partial charge in [-0.05, 0) is 45.7 Å². The van der Waals surface area contributed by atoms with Crippen molar-refractivity contribution in [2.45, 2.75) is 52.1 Å². The summed E-state index contributed by atoms with van der Waals surface area (Å²) in [5.41, 5.74) is 3.25. The van der Waals surface area contributed by atoms with Gasteiger partial charge in [0.05, 0.1) is 18.2 Å². The topological polar surface area (TPSA) is 61.9 Å². The number of carbonyl (C=O) groups is 2. The summed E-state index contributed by atoms with van der Waals surface area (Å²) in [7, 11) is 1.73. The summed E-state index contributed by atoms with van der Waals surface area (Å²) >= 11 is 0. The molecule has 2 aliphatic rings. The summed E-state index contributed by atoms with van der Waals surface area (Å²) in [6.45, 7) is 7.87. The second-order valence-corrected chi connectivity index (χ2v) is 7.75. The molecule has 0 radical (unpaired) electrons. The highest BCUT2D eigenvalue weighted by Gasteiger charge is 2.37. The summed E-state index contributed by atoms with van der Waals surface area (Å²) in [6, 6.07) is 7.65. The lowest BCUT2D eigenvalue weighted by Crippen LogP contribution is -2.50. The van der Waals surface area contributed by atoms with Crippen molar-refractivity contribution in [3.05, 3.63) is 46.7 Å². The average Bonchev–Trinajstić information content (AvgIpc) is 2.67. The van der Waals surface area contributed by atoms with Crippen LogP contribution in [-0.2, 0) is 9.53 Å². The van der Waals surface area contributed by atoms with E-state index in [1.54, 1.807) is 18.9 Å². The molecule has 0 aliphatic carbocycles. The summed E-state index contributed by atoms with van der Waals surface area (Å²) in [5, 5.41) is 2.99. The first-order valence-corrected chi connectivity index (χ1v) is 10.2. The van der Waals surface area contributed by atoms with Crippen molar-refractivity contribution in [3.8, 4) is 0 Å². The minimum atomic E-state index is -0.502. The molecule has 0 aromatic heterocycles. The van der Waals surface area contributed by atoms with Gasteiger partial charge in [-0.15, -0.1) is 0 Å². The summed E-state index contributed by atoms with van der Waals surface area (Å²) < 4.78 is 5.40. The maximum Gasteiger partial charge on any atom is 0.338 e. The summed E-state index contributed by atoms with van der Waals surface area (Å²) in [6.07, 6.45) is 3.51. The molecule has 1 saturated heterocycles. The third-order valence-electron chi connectivity index (χ3n) is 5.74. The van der Waals surface area contributed by atoms with Crippen LogP contribution >= 0.6 is 0 Å². The van der Waals surface area contributed by atoms with Gasteiger partial charge >= 0.3 is 12.0 Å². The minimum absolute atomic E-state index is 0.195. The van der Waals surface area contributed by atoms with Crippen molar-refractivity contribution in [1.29, 1.82) is 0 Å². The first-order chi connectivity index (χ1) is 13.4. The lowest BCUT2D eigenvalue weighted by Gasteiger charge is -2.39. The van der Waals surface area contributed by atoms with E-state index in [-0.39, 0.29) is 12.0 Å². The summed E-state index contributed by atoms with van der Waals surface area (Å²) in [5.74, 6) is -0.361. The molecular formula is C22H31N3O3. The number of urea groups is 1. The fourth-order valence-electron chi connectivity index (χ4n) is 4.08. The van der Waals surface area contributed by atoms with Gasteiger partial charge in [0.2, 0.25) is 0 Å². The quantitative estimate of drug-likeness (QED) is 0.790. The lowest BCUT2D eigenvalue weighted by molar-refractivity contribution is -0.139. The van der Waals surface area contributed by atoms with Gasteiger partial charge in [0.15, 0.2) is 0 Å². The molecule has 2 amide bonds. The number of likely N-dealkylation sites (tertiary alicyclic amines) is 1. The number of nitrogens with zero attached hydrogens (tertiary/aromatic N) is 2. The Kier molecular flexibility index (Phi) is 6.39. The van der Waals surface area contributed by atoms with E-state index in [0.29, 0.717) is 24.8 Å². The number of amides is 2. The number of rotatable bonds is 5. The highest BCUT2D eigenvalue weighted by molar-refractivity contribution is 5.95. The Morgan fingerprint density at radius 1 is 1.32 bits per heavy atom. The molecule has 28 heavy (non-hydrogen) atoms. The van der Waals surface area contributed by atoms with Gasteiger partial charge in [0.25, 0.3) is 0 Å². The van der Waals surface area contributed by atoms with Crippen molar-refractivity contribution in [2.24, 2.45) is 0 Å². The van der Waals surface area contributed by atoms with E-state index < -0.39 is 6.04 Å². The monoisotopic (exact) mass is 385 g/mol. The Balaban J connectivity index is 2.06. The number of piperidine rings is 1. The fraction of sp³-hybridized carbons (Fsp3) is 0.545. The maximum absolute atomic E-state index is 13.0. The Morgan fingerprint density at radius 2 is 2.11 bits per heavy atom. The molecular weight excluding hydrogens is 354 g/mol. The van der Waals surface area contributed by atoms with Crippen molar-refractivity contribution in [2.75, 3.05) is 26.7 Å². The molecule has 2 aliphatic heterocycles. The number of likely N-dealkylation sites (N-methyl/N-ethyl adjacent to an activating group) is 1. The molecule has 6 nitrogen and oxygen atoms in total. The maximum atomic E-state index is 13.0. The fourth-order valence-corrected chi connectivity index (χ4v) is 4.08. The van der Waals surface area contributed by atoms with Crippen molar-refractivity contribution >= 4 is 12.0 Å². The molecule has 1 fully saturated rings. The van der Waals surface area contributed by atoms with E-state index in [0.717, 1.165) is 36.2 Å². The van der Waals surface area contributed by atoms with Gasteiger partial charge < -0.3 is 10.1 Å². The predicted molar refractivity (Wildman–Crippen MR) is 109 cm³/mol. The van der Waals surface area contributed by atoms with E-state index in [1.165, 1.54) is 6.42 Å². The van der Waals surface area contributed by atoms with Gasteiger partial charge in [0, 0.05) is 25.3 Å². The number of carbonyl (C=O) groups excluding carboxylic acids is 2. The Bertz CT molecular complexity index is 774. The zero-order valence-corrected chi connectivity index (χ0v) is 17.3. The molecule has 6 heteroatoms. The van der Waals surface area contributed by atoms with Crippen LogP contribution in [0.1, 0.15) is 50.3 Å². The van der Waals surface area contributed by atoms with E-state index in [2.05, 4.69) is 17.1 Å². The third kappa shape index (κ3) is 4.22. The van der Waals surface area contributed by atoms with Gasteiger partial charge in [-0.25, -0.2) is 9.59 Å². The second-order valence-electron chi connectivity index (χ2n) is 7.75. The number of esters is 1. The Morgan fingerprint density at radius 3 is 2.79 bits per heavy atom. The molecule has 0 bridgehead atoms. The highest BCUT2D eigenvalue weighted by atomic mass is 16.5. The highest BCUT2D eigenvalue weighted by Crippen LogP contribution is 2.32. The molecule has 2 unspecified atom stereocenters. The van der Waals surface area contributed by atoms with E-state index in [1.807, 2.05) is 31.2 Å². The van der Waals surface area contributed by atoms with E-state index in [9.17, 15) is 9.59 Å². The number of hydrogen-bond acceptors (Lipinski definition) is 4. The largest absolute Gasteiger partial charge is 0.463 e. The average molecular weight is 386 g/mol. The van der Waals surface area contributed by atoms with Crippen LogP contribution in [0, 0.1) is 6.92 Å². The number of aryl methyl sites for hydroxylation is 1. The van der Waals surface area contributed by atoms with Crippen molar-refractivity contribution in [3.63, 3.8) is 0 Å². The predicted octanol–water partition coefficient (Wildman–Crippen LogP) is 3.38. The SMILES string of the molecule is CCOC(=O)C1=C(CN2CCCCC2C)N(C)C(=O)NC1c1cccc(C)c1. The summed E-state index contributed by atoms with van der Waals surface area (Å²) in [4.78, 5) is 29.6. The van der Waals surface area contributed by atoms with Gasteiger partial charge in [0.1, 0.15) is 0 Å². The zero-order chi connectivity index (χ0) is 20.3.